The highest BCUT2D eigenvalue weighted by molar-refractivity contribution is 6.07. The first-order chi connectivity index (χ1) is 13.4. The van der Waals surface area contributed by atoms with Crippen molar-refractivity contribution >= 4 is 23.8 Å². The predicted molar refractivity (Wildman–Crippen MR) is 94.2 cm³/mol. The van der Waals surface area contributed by atoms with Crippen LogP contribution in [0.4, 0.5) is 16.7 Å². The smallest absolute Gasteiger partial charge is 0.325 e. The van der Waals surface area contributed by atoms with Crippen LogP contribution in [0.25, 0.3) is 5.69 Å². The molecule has 2 aromatic heterocycles. The van der Waals surface area contributed by atoms with Crippen molar-refractivity contribution in [3.63, 3.8) is 0 Å². The Bertz CT molecular complexity index is 1050. The van der Waals surface area contributed by atoms with Crippen LogP contribution >= 0.6 is 0 Å². The lowest BCUT2D eigenvalue weighted by Crippen LogP contribution is -2.41. The fourth-order valence-corrected chi connectivity index (χ4v) is 2.94. The lowest BCUT2D eigenvalue weighted by molar-refractivity contribution is -0.131. The molecule has 13 nitrogen and oxygen atoms in total. The monoisotopic (exact) mass is 381 g/mol. The average molecular weight is 381 g/mol. The van der Waals surface area contributed by atoms with E-state index in [0.717, 1.165) is 4.90 Å². The third kappa shape index (κ3) is 2.84. The number of nitrogen functional groups attached to an aromatic ring is 2. The van der Waals surface area contributed by atoms with Gasteiger partial charge in [-0.15, -0.1) is 5.10 Å². The molecule has 4 rings (SSSR count). The molecule has 3 amide bonds. The fraction of sp³-hybridized carbons (Fsp3) is 0.200. The minimum absolute atomic E-state index is 0.0912. The summed E-state index contributed by atoms with van der Waals surface area (Å²) in [5.41, 5.74) is 11.0. The average Bonchev–Trinajstić information content (AvgIpc) is 3.25. The normalized spacial score (nSPS) is 19.1. The van der Waals surface area contributed by atoms with Gasteiger partial charge in [0.1, 0.15) is 11.9 Å². The van der Waals surface area contributed by atoms with E-state index in [9.17, 15) is 9.59 Å². The van der Waals surface area contributed by atoms with Crippen molar-refractivity contribution < 1.29 is 9.59 Å². The van der Waals surface area contributed by atoms with Gasteiger partial charge in [-0.3, -0.25) is 9.69 Å². The summed E-state index contributed by atoms with van der Waals surface area (Å²) in [6.07, 6.45) is 1.43. The van der Waals surface area contributed by atoms with Gasteiger partial charge in [-0.05, 0) is 35.0 Å². The van der Waals surface area contributed by atoms with Crippen molar-refractivity contribution in [3.05, 3.63) is 42.0 Å². The largest absolute Gasteiger partial charge is 0.368 e. The number of hydrogen-bond donors (Lipinski definition) is 3. The van der Waals surface area contributed by atoms with Gasteiger partial charge >= 0.3 is 6.03 Å². The van der Waals surface area contributed by atoms with Crippen LogP contribution in [0.3, 0.4) is 0 Å². The number of tetrazole rings is 1. The molecule has 1 aliphatic heterocycles. The second kappa shape index (κ2) is 6.22. The topological polar surface area (TPSA) is 184 Å². The minimum Gasteiger partial charge on any atom is -0.368 e. The van der Waals surface area contributed by atoms with Gasteiger partial charge in [-0.2, -0.15) is 15.0 Å². The summed E-state index contributed by atoms with van der Waals surface area (Å²) in [5, 5.41) is 13.7. The number of anilines is 2. The number of nitrogens with one attached hydrogen (secondary N) is 1. The number of urea groups is 1. The molecule has 0 saturated carbocycles. The Kier molecular flexibility index (Phi) is 3.84. The summed E-state index contributed by atoms with van der Waals surface area (Å²) in [6, 6.07) is 6.38. The summed E-state index contributed by atoms with van der Waals surface area (Å²) < 4.78 is 1.45. The van der Waals surface area contributed by atoms with Crippen molar-refractivity contribution in [1.29, 1.82) is 0 Å². The second-order valence-corrected chi connectivity index (χ2v) is 6.22. The van der Waals surface area contributed by atoms with Crippen LogP contribution in [-0.2, 0) is 16.9 Å². The van der Waals surface area contributed by atoms with Crippen LogP contribution in [0.1, 0.15) is 18.3 Å². The van der Waals surface area contributed by atoms with Gasteiger partial charge in [0, 0.05) is 0 Å². The molecular formula is C15H15N11O2. The van der Waals surface area contributed by atoms with Gasteiger partial charge in [0.2, 0.25) is 11.9 Å². The second-order valence-electron chi connectivity index (χ2n) is 6.22. The molecule has 5 N–H and O–H groups in total. The number of carbonyl (C=O) groups excluding carboxylic acids is 2. The highest BCUT2D eigenvalue weighted by atomic mass is 16.2. The first-order valence-electron chi connectivity index (χ1n) is 8.11. The van der Waals surface area contributed by atoms with Gasteiger partial charge in [0.15, 0.2) is 5.82 Å². The summed E-state index contributed by atoms with van der Waals surface area (Å²) in [7, 11) is 0. The van der Waals surface area contributed by atoms with Crippen molar-refractivity contribution in [1.82, 2.24) is 45.4 Å². The van der Waals surface area contributed by atoms with Gasteiger partial charge in [0.25, 0.3) is 5.91 Å². The zero-order valence-corrected chi connectivity index (χ0v) is 14.6. The number of aromatic nitrogens is 7. The van der Waals surface area contributed by atoms with Gasteiger partial charge in [-0.1, -0.05) is 12.1 Å². The maximum absolute atomic E-state index is 13.1. The quantitative estimate of drug-likeness (QED) is 0.472. The minimum atomic E-state index is -1.29. The molecule has 142 valence electrons. The van der Waals surface area contributed by atoms with E-state index >= 15 is 0 Å². The van der Waals surface area contributed by atoms with Crippen molar-refractivity contribution in [2.75, 3.05) is 11.5 Å². The third-order valence-electron chi connectivity index (χ3n) is 4.33. The fourth-order valence-electron chi connectivity index (χ4n) is 2.94. The number of benzene rings is 1. The first kappa shape index (κ1) is 17.3. The highest BCUT2D eigenvalue weighted by Gasteiger charge is 2.49. The molecule has 3 aromatic rings. The van der Waals surface area contributed by atoms with E-state index < -0.39 is 17.5 Å². The van der Waals surface area contributed by atoms with E-state index in [1.165, 1.54) is 11.0 Å². The van der Waals surface area contributed by atoms with Gasteiger partial charge in [0.05, 0.1) is 12.2 Å². The van der Waals surface area contributed by atoms with Crippen molar-refractivity contribution in [2.24, 2.45) is 0 Å². The van der Waals surface area contributed by atoms with Gasteiger partial charge < -0.3 is 16.8 Å². The summed E-state index contributed by atoms with van der Waals surface area (Å²) in [5.74, 6) is -0.540. The van der Waals surface area contributed by atoms with Gasteiger partial charge in [-0.25, -0.2) is 9.48 Å². The maximum atomic E-state index is 13.1. The van der Waals surface area contributed by atoms with Crippen LogP contribution < -0.4 is 16.8 Å². The number of nitrogens with two attached hydrogens (primary N) is 2. The van der Waals surface area contributed by atoms with E-state index in [1.54, 1.807) is 31.2 Å². The van der Waals surface area contributed by atoms with Crippen molar-refractivity contribution in [2.45, 2.75) is 19.0 Å². The molecule has 1 aliphatic rings. The van der Waals surface area contributed by atoms with Crippen LogP contribution in [0.2, 0.25) is 0 Å². The predicted octanol–water partition coefficient (Wildman–Crippen LogP) is -1.02. The summed E-state index contributed by atoms with van der Waals surface area (Å²) >= 11 is 0. The molecule has 3 heterocycles. The van der Waals surface area contributed by atoms with Crippen LogP contribution in [0, 0.1) is 0 Å². The van der Waals surface area contributed by atoms with Crippen LogP contribution in [0.5, 0.6) is 0 Å². The summed E-state index contributed by atoms with van der Waals surface area (Å²) in [4.78, 5) is 38.0. The highest BCUT2D eigenvalue weighted by Crippen LogP contribution is 2.30. The number of hydrogen-bond acceptors (Lipinski definition) is 10. The molecule has 0 spiro atoms. The van der Waals surface area contributed by atoms with Crippen molar-refractivity contribution in [3.8, 4) is 5.69 Å². The van der Waals surface area contributed by atoms with Crippen LogP contribution in [0.15, 0.2) is 30.6 Å². The Labute approximate surface area is 157 Å². The molecule has 0 radical (unpaired) electrons. The molecule has 0 bridgehead atoms. The third-order valence-corrected chi connectivity index (χ3v) is 4.33. The Morgan fingerprint density at radius 2 is 1.89 bits per heavy atom. The zero-order valence-electron chi connectivity index (χ0n) is 14.6. The Morgan fingerprint density at radius 1 is 1.14 bits per heavy atom. The standard InChI is InChI=1S/C15H15N11O2/c1-15(8-3-2-4-9(5-8)26-7-18-23-24-26)11(27)25(14(28)22-15)6-10-19-12(16)21-13(17)20-10/h2-5,7H,6H2,1H3,(H,22,28)(H4,16,17,19,20,21)/t15-/m1/s1. The number of amides is 3. The van der Waals surface area contributed by atoms with E-state index in [1.807, 2.05) is 0 Å². The van der Waals surface area contributed by atoms with E-state index in [0.29, 0.717) is 11.3 Å². The van der Waals surface area contributed by atoms with E-state index in [4.69, 9.17) is 11.5 Å². The molecule has 1 fully saturated rings. The zero-order chi connectivity index (χ0) is 19.9. The lowest BCUT2D eigenvalue weighted by Gasteiger charge is -2.22. The molecule has 1 saturated heterocycles. The Hall–Kier alpha value is -4.16. The molecule has 1 aromatic carbocycles. The molecule has 0 unspecified atom stereocenters. The molecule has 13 heteroatoms. The molecule has 28 heavy (non-hydrogen) atoms. The summed E-state index contributed by atoms with van der Waals surface area (Å²) in [6.45, 7) is 1.42. The Morgan fingerprint density at radius 3 is 2.57 bits per heavy atom. The molecule has 1 atom stereocenters. The molecule has 0 aliphatic carbocycles. The molecular weight excluding hydrogens is 366 g/mol. The maximum Gasteiger partial charge on any atom is 0.325 e. The first-order valence-corrected chi connectivity index (χ1v) is 8.11. The number of imide groups is 1. The number of rotatable bonds is 4. The lowest BCUT2D eigenvalue weighted by atomic mass is 9.91. The van der Waals surface area contributed by atoms with E-state index in [-0.39, 0.29) is 24.3 Å². The Balaban J connectivity index is 1.65. The SMILES string of the molecule is C[C@]1(c2cccc(-n3cnnn3)c2)NC(=O)N(Cc2nc(N)nc(N)n2)C1=O. The van der Waals surface area contributed by atoms with Crippen LogP contribution in [-0.4, -0.2) is 52.0 Å². The van der Waals surface area contributed by atoms with E-state index in [2.05, 4.69) is 35.8 Å². The number of nitrogens with zero attached hydrogens (tertiary/aromatic N) is 8. The number of carbonyl (C=O) groups is 2.